The Balaban J connectivity index is 2.08. The summed E-state index contributed by atoms with van der Waals surface area (Å²) >= 11 is 1.30. The smallest absolute Gasteiger partial charge is 0.230 e. The van der Waals surface area contributed by atoms with Crippen LogP contribution in [0, 0.1) is 11.7 Å². The number of thioether (sulfide) groups is 1. The molecule has 7 nitrogen and oxygen atoms in total. The molecular weight excluding hydrogens is 383 g/mol. The number of aromatic nitrogens is 3. The summed E-state index contributed by atoms with van der Waals surface area (Å²) in [5, 5.41) is 11.8. The molecule has 0 saturated heterocycles. The van der Waals surface area contributed by atoms with Crippen molar-refractivity contribution in [3.8, 4) is 5.75 Å². The lowest BCUT2D eigenvalue weighted by Gasteiger charge is -2.17. The van der Waals surface area contributed by atoms with E-state index >= 15 is 0 Å². The summed E-state index contributed by atoms with van der Waals surface area (Å²) in [6, 6.07) is 6.13. The van der Waals surface area contributed by atoms with Gasteiger partial charge >= 0.3 is 0 Å². The Bertz CT molecular complexity index is 769. The number of para-hydroxylation sites is 1. The minimum absolute atomic E-state index is 0.0576. The minimum Gasteiger partial charge on any atom is -0.483 e. The fourth-order valence-corrected chi connectivity index (χ4v) is 3.35. The average Bonchev–Trinajstić information content (AvgIpc) is 3.07. The van der Waals surface area contributed by atoms with Crippen LogP contribution in [0.3, 0.4) is 0 Å². The molecule has 0 aliphatic carbocycles. The number of carbonyl (C=O) groups is 1. The van der Waals surface area contributed by atoms with Gasteiger partial charge < -0.3 is 14.8 Å². The van der Waals surface area contributed by atoms with Crippen molar-refractivity contribution in [1.29, 1.82) is 0 Å². The number of nitrogens with zero attached hydrogens (tertiary/aromatic N) is 3. The first-order valence-corrected chi connectivity index (χ1v) is 10.1. The van der Waals surface area contributed by atoms with Crippen LogP contribution in [-0.2, 0) is 16.1 Å². The molecule has 9 heteroatoms. The van der Waals surface area contributed by atoms with E-state index in [0.29, 0.717) is 30.1 Å². The molecule has 0 unspecified atom stereocenters. The average molecular weight is 411 g/mol. The molecule has 0 aliphatic heterocycles. The van der Waals surface area contributed by atoms with Gasteiger partial charge in [-0.3, -0.25) is 9.36 Å². The zero-order chi connectivity index (χ0) is 20.5. The normalized spacial score (nSPS) is 12.2. The molecule has 0 fully saturated rings. The summed E-state index contributed by atoms with van der Waals surface area (Å²) in [5.74, 6) is 0.823. The number of hydrogen-bond acceptors (Lipinski definition) is 6. The Kier molecular flexibility index (Phi) is 8.72. The Morgan fingerprint density at radius 3 is 2.71 bits per heavy atom. The van der Waals surface area contributed by atoms with Gasteiger partial charge in [-0.2, -0.15) is 0 Å². The number of halogens is 1. The van der Waals surface area contributed by atoms with Crippen LogP contribution in [-0.4, -0.2) is 46.7 Å². The maximum Gasteiger partial charge on any atom is 0.230 e. The first-order valence-electron chi connectivity index (χ1n) is 9.11. The molecule has 0 spiro atoms. The van der Waals surface area contributed by atoms with Gasteiger partial charge in [-0.1, -0.05) is 37.7 Å². The molecule has 154 valence electrons. The van der Waals surface area contributed by atoms with Crippen molar-refractivity contribution in [2.45, 2.75) is 38.6 Å². The zero-order valence-corrected chi connectivity index (χ0v) is 17.5. The second kappa shape index (κ2) is 11.0. The maximum absolute atomic E-state index is 13.8. The van der Waals surface area contributed by atoms with Gasteiger partial charge in [0.05, 0.1) is 18.4 Å². The number of amides is 1. The summed E-state index contributed by atoms with van der Waals surface area (Å²) < 4.78 is 26.5. The molecule has 1 heterocycles. The van der Waals surface area contributed by atoms with E-state index in [1.54, 1.807) is 25.3 Å². The zero-order valence-electron chi connectivity index (χ0n) is 16.6. The summed E-state index contributed by atoms with van der Waals surface area (Å²) in [7, 11) is 1.61. The SMILES string of the molecule is COC[C@@H](C)n1c(COc2ccccc2F)nnc1SCC(=O)NCC(C)C. The van der Waals surface area contributed by atoms with Crippen LogP contribution in [0.2, 0.25) is 0 Å². The topological polar surface area (TPSA) is 78.3 Å². The number of carbonyl (C=O) groups excluding carboxylic acids is 1. The van der Waals surface area contributed by atoms with E-state index in [1.807, 2.05) is 25.3 Å². The van der Waals surface area contributed by atoms with Crippen LogP contribution in [0.1, 0.15) is 32.6 Å². The molecule has 0 saturated carbocycles. The molecule has 1 amide bonds. The Morgan fingerprint density at radius 2 is 2.04 bits per heavy atom. The van der Waals surface area contributed by atoms with Crippen molar-refractivity contribution < 1.29 is 18.7 Å². The van der Waals surface area contributed by atoms with Crippen molar-refractivity contribution in [3.05, 3.63) is 35.9 Å². The van der Waals surface area contributed by atoms with E-state index < -0.39 is 5.82 Å². The number of methoxy groups -OCH3 is 1. The molecule has 1 aromatic carbocycles. The predicted molar refractivity (Wildman–Crippen MR) is 106 cm³/mol. The van der Waals surface area contributed by atoms with Gasteiger partial charge in [-0.25, -0.2) is 4.39 Å². The number of ether oxygens (including phenoxy) is 2. The van der Waals surface area contributed by atoms with Gasteiger partial charge in [0.2, 0.25) is 5.91 Å². The molecule has 1 aromatic heterocycles. The Hall–Kier alpha value is -2.13. The van der Waals surface area contributed by atoms with Gasteiger partial charge in [0.25, 0.3) is 0 Å². The van der Waals surface area contributed by atoms with Crippen molar-refractivity contribution >= 4 is 17.7 Å². The molecular formula is C19H27FN4O3S. The molecule has 2 rings (SSSR count). The van der Waals surface area contributed by atoms with Crippen LogP contribution in [0.25, 0.3) is 0 Å². The highest BCUT2D eigenvalue weighted by molar-refractivity contribution is 7.99. The summed E-state index contributed by atoms with van der Waals surface area (Å²) in [6.45, 7) is 7.17. The van der Waals surface area contributed by atoms with Crippen LogP contribution < -0.4 is 10.1 Å². The Labute approximate surface area is 169 Å². The lowest BCUT2D eigenvalue weighted by Crippen LogP contribution is -2.29. The summed E-state index contributed by atoms with van der Waals surface area (Å²) in [4.78, 5) is 12.0. The highest BCUT2D eigenvalue weighted by Crippen LogP contribution is 2.23. The molecule has 2 aromatic rings. The van der Waals surface area contributed by atoms with Crippen LogP contribution in [0.4, 0.5) is 4.39 Å². The van der Waals surface area contributed by atoms with Gasteiger partial charge in [0.15, 0.2) is 22.5 Å². The fraction of sp³-hybridized carbons (Fsp3) is 0.526. The first kappa shape index (κ1) is 22.2. The van der Waals surface area contributed by atoms with Gasteiger partial charge in [-0.05, 0) is 25.0 Å². The molecule has 0 bridgehead atoms. The summed E-state index contributed by atoms with van der Waals surface area (Å²) in [5.41, 5.74) is 0. The second-order valence-corrected chi connectivity index (χ2v) is 7.72. The van der Waals surface area contributed by atoms with Gasteiger partial charge in [0.1, 0.15) is 6.61 Å². The van der Waals surface area contributed by atoms with E-state index in [0.717, 1.165) is 0 Å². The summed E-state index contributed by atoms with van der Waals surface area (Å²) in [6.07, 6.45) is 0. The predicted octanol–water partition coefficient (Wildman–Crippen LogP) is 3.07. The van der Waals surface area contributed by atoms with Crippen molar-refractivity contribution in [2.24, 2.45) is 5.92 Å². The largest absolute Gasteiger partial charge is 0.483 e. The quantitative estimate of drug-likeness (QED) is 0.574. The van der Waals surface area contributed by atoms with Crippen molar-refractivity contribution in [3.63, 3.8) is 0 Å². The maximum atomic E-state index is 13.8. The molecule has 28 heavy (non-hydrogen) atoms. The van der Waals surface area contributed by atoms with Gasteiger partial charge in [0, 0.05) is 13.7 Å². The van der Waals surface area contributed by atoms with Crippen molar-refractivity contribution in [2.75, 3.05) is 26.0 Å². The van der Waals surface area contributed by atoms with E-state index in [1.165, 1.54) is 17.8 Å². The Morgan fingerprint density at radius 1 is 1.29 bits per heavy atom. The third kappa shape index (κ3) is 6.49. The lowest BCUT2D eigenvalue weighted by atomic mass is 10.2. The first-order chi connectivity index (χ1) is 13.4. The second-order valence-electron chi connectivity index (χ2n) is 6.78. The van der Waals surface area contributed by atoms with E-state index in [-0.39, 0.29) is 30.1 Å². The van der Waals surface area contributed by atoms with E-state index in [2.05, 4.69) is 15.5 Å². The molecule has 1 atom stereocenters. The lowest BCUT2D eigenvalue weighted by molar-refractivity contribution is -0.118. The highest BCUT2D eigenvalue weighted by atomic mass is 32.2. The number of hydrogen-bond donors (Lipinski definition) is 1. The molecule has 1 N–H and O–H groups in total. The standard InChI is InChI=1S/C19H27FN4O3S/c1-13(2)9-21-18(25)12-28-19-23-22-17(24(19)14(3)10-26-4)11-27-16-8-6-5-7-15(16)20/h5-8,13-14H,9-12H2,1-4H3,(H,21,25)/t14-/m1/s1. The number of rotatable bonds is 11. The molecule has 0 radical (unpaired) electrons. The van der Waals surface area contributed by atoms with Gasteiger partial charge in [-0.15, -0.1) is 10.2 Å². The van der Waals surface area contributed by atoms with E-state index in [9.17, 15) is 9.18 Å². The van der Waals surface area contributed by atoms with E-state index in [4.69, 9.17) is 9.47 Å². The minimum atomic E-state index is -0.435. The highest BCUT2D eigenvalue weighted by Gasteiger charge is 2.19. The molecule has 0 aliphatic rings. The number of nitrogens with one attached hydrogen (secondary N) is 1. The van der Waals surface area contributed by atoms with Crippen LogP contribution in [0.5, 0.6) is 5.75 Å². The fourth-order valence-electron chi connectivity index (χ4n) is 2.47. The number of benzene rings is 1. The third-order valence-corrected chi connectivity index (χ3v) is 4.76. The third-order valence-electron chi connectivity index (χ3n) is 3.82. The van der Waals surface area contributed by atoms with Crippen molar-refractivity contribution in [1.82, 2.24) is 20.1 Å². The van der Waals surface area contributed by atoms with Crippen LogP contribution >= 0.6 is 11.8 Å². The monoisotopic (exact) mass is 410 g/mol. The van der Waals surface area contributed by atoms with Crippen LogP contribution in [0.15, 0.2) is 29.4 Å².